The van der Waals surface area contributed by atoms with Crippen LogP contribution in [0.25, 0.3) is 0 Å². The fourth-order valence-corrected chi connectivity index (χ4v) is 2.45. The number of likely N-dealkylation sites (N-methyl/N-ethyl adjacent to an activating group) is 1. The Morgan fingerprint density at radius 3 is 2.82 bits per heavy atom. The number of piperazine rings is 1. The molecule has 0 aliphatic carbocycles. The smallest absolute Gasteiger partial charge is 0.412 e. The van der Waals surface area contributed by atoms with E-state index < -0.39 is 11.7 Å². The Morgan fingerprint density at radius 1 is 1.45 bits per heavy atom. The van der Waals surface area contributed by atoms with Crippen LogP contribution in [0.2, 0.25) is 0 Å². The second-order valence-corrected chi connectivity index (χ2v) is 6.60. The topological polar surface area (TPSA) is 73.8 Å². The summed E-state index contributed by atoms with van der Waals surface area (Å²) in [6.07, 6.45) is -0.574. The molecule has 6 nitrogen and oxygen atoms in total. The summed E-state index contributed by atoms with van der Waals surface area (Å²) in [7, 11) is 2.07. The second kappa shape index (κ2) is 6.54. The minimum Gasteiger partial charge on any atom is -0.506 e. The number of rotatable bonds is 2. The summed E-state index contributed by atoms with van der Waals surface area (Å²) in [5.41, 5.74) is 0.828. The zero-order valence-electron chi connectivity index (χ0n) is 13.6. The highest BCUT2D eigenvalue weighted by Gasteiger charge is 2.22. The number of phenolic OH excluding ortho intramolecular Hbond substituents is 1. The number of hydrogen-bond donors (Lipinski definition) is 3. The number of nitrogens with one attached hydrogen (secondary N) is 2. The molecule has 0 aromatic heterocycles. The number of phenols is 1. The van der Waals surface area contributed by atoms with Gasteiger partial charge in [0.15, 0.2) is 0 Å². The monoisotopic (exact) mass is 307 g/mol. The van der Waals surface area contributed by atoms with Crippen molar-refractivity contribution in [2.75, 3.05) is 32.0 Å². The summed E-state index contributed by atoms with van der Waals surface area (Å²) in [4.78, 5) is 14.1. The average molecular weight is 307 g/mol. The van der Waals surface area contributed by atoms with Crippen molar-refractivity contribution in [3.05, 3.63) is 23.8 Å². The van der Waals surface area contributed by atoms with Gasteiger partial charge < -0.3 is 15.2 Å². The Hall–Kier alpha value is -1.79. The zero-order chi connectivity index (χ0) is 16.3. The van der Waals surface area contributed by atoms with Crippen molar-refractivity contribution < 1.29 is 14.6 Å². The Labute approximate surface area is 131 Å². The summed E-state index contributed by atoms with van der Waals surface area (Å²) in [5, 5.41) is 15.9. The van der Waals surface area contributed by atoms with Gasteiger partial charge in [0.25, 0.3) is 0 Å². The van der Waals surface area contributed by atoms with Crippen molar-refractivity contribution in [2.24, 2.45) is 0 Å². The van der Waals surface area contributed by atoms with Gasteiger partial charge in [0.05, 0.1) is 5.69 Å². The first-order valence-corrected chi connectivity index (χ1v) is 7.50. The van der Waals surface area contributed by atoms with Crippen LogP contribution >= 0.6 is 0 Å². The molecule has 1 aliphatic rings. The van der Waals surface area contributed by atoms with Crippen molar-refractivity contribution >= 4 is 11.8 Å². The Bertz CT molecular complexity index is 540. The number of carbonyl (C=O) groups excluding carboxylic acids is 1. The van der Waals surface area contributed by atoms with E-state index >= 15 is 0 Å². The van der Waals surface area contributed by atoms with E-state index in [1.165, 1.54) is 0 Å². The lowest BCUT2D eigenvalue weighted by Crippen LogP contribution is -2.43. The fraction of sp³-hybridized carbons (Fsp3) is 0.562. The third kappa shape index (κ3) is 4.35. The van der Waals surface area contributed by atoms with E-state index in [0.29, 0.717) is 5.69 Å². The largest absolute Gasteiger partial charge is 0.506 e. The normalized spacial score (nSPS) is 19.7. The average Bonchev–Trinajstić information content (AvgIpc) is 2.40. The first-order valence-electron chi connectivity index (χ1n) is 7.50. The molecule has 0 radical (unpaired) electrons. The maximum atomic E-state index is 11.9. The SMILES string of the molecule is CN1CCNCC1c1ccc(O)c(NC(=O)OC(C)(C)C)c1. The minimum atomic E-state index is -0.579. The summed E-state index contributed by atoms with van der Waals surface area (Å²) < 4.78 is 5.22. The van der Waals surface area contributed by atoms with Gasteiger partial charge in [-0.1, -0.05) is 6.07 Å². The Balaban J connectivity index is 2.14. The van der Waals surface area contributed by atoms with E-state index in [4.69, 9.17) is 4.74 Å². The quantitative estimate of drug-likeness (QED) is 0.731. The fourth-order valence-electron chi connectivity index (χ4n) is 2.45. The highest BCUT2D eigenvalue weighted by Crippen LogP contribution is 2.30. The van der Waals surface area contributed by atoms with E-state index in [9.17, 15) is 9.90 Å². The number of ether oxygens (including phenoxy) is 1. The molecule has 6 heteroatoms. The molecule has 0 saturated carbocycles. The molecule has 122 valence electrons. The van der Waals surface area contributed by atoms with Crippen molar-refractivity contribution in [1.82, 2.24) is 10.2 Å². The van der Waals surface area contributed by atoms with Crippen molar-refractivity contribution in [3.63, 3.8) is 0 Å². The van der Waals surface area contributed by atoms with Gasteiger partial charge in [-0.2, -0.15) is 0 Å². The van der Waals surface area contributed by atoms with Gasteiger partial charge in [-0.3, -0.25) is 10.2 Å². The molecule has 1 saturated heterocycles. The van der Waals surface area contributed by atoms with Crippen LogP contribution in [0.15, 0.2) is 18.2 Å². The molecular formula is C16H25N3O3. The maximum Gasteiger partial charge on any atom is 0.412 e. The van der Waals surface area contributed by atoms with Crippen LogP contribution in [0.3, 0.4) is 0 Å². The second-order valence-electron chi connectivity index (χ2n) is 6.60. The standard InChI is InChI=1S/C16H25N3O3/c1-16(2,3)22-15(21)18-12-9-11(5-6-14(12)20)13-10-17-7-8-19(13)4/h5-6,9,13,17,20H,7-8,10H2,1-4H3,(H,18,21). The maximum absolute atomic E-state index is 11.9. The lowest BCUT2D eigenvalue weighted by Gasteiger charge is -2.33. The molecule has 1 unspecified atom stereocenters. The highest BCUT2D eigenvalue weighted by atomic mass is 16.6. The van der Waals surface area contributed by atoms with Crippen LogP contribution < -0.4 is 10.6 Å². The first kappa shape index (κ1) is 16.6. The molecule has 22 heavy (non-hydrogen) atoms. The molecular weight excluding hydrogens is 282 g/mol. The number of aromatic hydroxyl groups is 1. The number of anilines is 1. The van der Waals surface area contributed by atoms with Gasteiger partial charge in [0, 0.05) is 25.7 Å². The Morgan fingerprint density at radius 2 is 2.18 bits per heavy atom. The predicted octanol–water partition coefficient (Wildman–Crippen LogP) is 2.32. The molecule has 1 heterocycles. The molecule has 1 aromatic rings. The number of amides is 1. The summed E-state index contributed by atoms with van der Waals surface area (Å²) >= 11 is 0. The van der Waals surface area contributed by atoms with Gasteiger partial charge in [0.1, 0.15) is 11.4 Å². The van der Waals surface area contributed by atoms with E-state index in [2.05, 4.69) is 22.6 Å². The summed E-state index contributed by atoms with van der Waals surface area (Å²) in [5.74, 6) is 0.0287. The first-order chi connectivity index (χ1) is 10.3. The van der Waals surface area contributed by atoms with E-state index in [0.717, 1.165) is 25.2 Å². The van der Waals surface area contributed by atoms with Crippen molar-refractivity contribution in [2.45, 2.75) is 32.4 Å². The predicted molar refractivity (Wildman–Crippen MR) is 86.2 cm³/mol. The number of hydrogen-bond acceptors (Lipinski definition) is 5. The van der Waals surface area contributed by atoms with Crippen molar-refractivity contribution in [1.29, 1.82) is 0 Å². The lowest BCUT2D eigenvalue weighted by molar-refractivity contribution is 0.0635. The zero-order valence-corrected chi connectivity index (χ0v) is 13.6. The van der Waals surface area contributed by atoms with Gasteiger partial charge in [-0.25, -0.2) is 4.79 Å². The van der Waals surface area contributed by atoms with Crippen LogP contribution in [-0.4, -0.2) is 48.4 Å². The Kier molecular flexibility index (Phi) is 4.93. The molecule has 1 aliphatic heterocycles. The highest BCUT2D eigenvalue weighted by molar-refractivity contribution is 5.87. The third-order valence-electron chi connectivity index (χ3n) is 3.55. The van der Waals surface area contributed by atoms with Crippen LogP contribution in [0.5, 0.6) is 5.75 Å². The summed E-state index contributed by atoms with van der Waals surface area (Å²) in [6.45, 7) is 8.16. The number of carbonyl (C=O) groups is 1. The molecule has 2 rings (SSSR count). The van der Waals surface area contributed by atoms with Gasteiger partial charge in [0.2, 0.25) is 0 Å². The molecule has 1 aromatic carbocycles. The molecule has 1 atom stereocenters. The number of nitrogens with zero attached hydrogens (tertiary/aromatic N) is 1. The molecule has 1 amide bonds. The lowest BCUT2D eigenvalue weighted by atomic mass is 10.0. The van der Waals surface area contributed by atoms with Gasteiger partial charge >= 0.3 is 6.09 Å². The third-order valence-corrected chi connectivity index (χ3v) is 3.55. The van der Waals surface area contributed by atoms with Crippen LogP contribution in [0, 0.1) is 0 Å². The number of benzene rings is 1. The van der Waals surface area contributed by atoms with Crippen LogP contribution in [0.4, 0.5) is 10.5 Å². The van der Waals surface area contributed by atoms with Gasteiger partial charge in [-0.05, 0) is 45.5 Å². The van der Waals surface area contributed by atoms with Gasteiger partial charge in [-0.15, -0.1) is 0 Å². The van der Waals surface area contributed by atoms with E-state index in [1.54, 1.807) is 32.9 Å². The van der Waals surface area contributed by atoms with E-state index in [-0.39, 0.29) is 11.8 Å². The van der Waals surface area contributed by atoms with Crippen LogP contribution in [-0.2, 0) is 4.74 Å². The molecule has 1 fully saturated rings. The minimum absolute atomic E-state index is 0.0287. The molecule has 0 spiro atoms. The van der Waals surface area contributed by atoms with E-state index in [1.807, 2.05) is 6.07 Å². The summed E-state index contributed by atoms with van der Waals surface area (Å²) in [6, 6.07) is 5.50. The molecule has 0 bridgehead atoms. The van der Waals surface area contributed by atoms with Crippen molar-refractivity contribution in [3.8, 4) is 5.75 Å². The van der Waals surface area contributed by atoms with Crippen LogP contribution in [0.1, 0.15) is 32.4 Å². The molecule has 3 N–H and O–H groups in total.